The molecule has 1 rings (SSSR count). The molecule has 0 aliphatic heterocycles. The monoisotopic (exact) mass is 191 g/mol. The Kier molecular flexibility index (Phi) is 3.15. The van der Waals surface area contributed by atoms with Crippen LogP contribution in [0.3, 0.4) is 0 Å². The lowest BCUT2D eigenvalue weighted by molar-refractivity contribution is 0.241. The topological polar surface area (TPSA) is 22.1 Å². The fourth-order valence-corrected chi connectivity index (χ4v) is 1.57. The number of aromatic nitrogens is 1. The summed E-state index contributed by atoms with van der Waals surface area (Å²) in [4.78, 5) is 5.08. The van der Waals surface area contributed by atoms with Crippen molar-refractivity contribution in [3.05, 3.63) is 11.1 Å². The summed E-state index contributed by atoms with van der Waals surface area (Å²) in [5.41, 5.74) is 0. The van der Waals surface area contributed by atoms with Crippen molar-refractivity contribution in [3.8, 4) is 5.19 Å². The van der Waals surface area contributed by atoms with Gasteiger partial charge >= 0.3 is 0 Å². The van der Waals surface area contributed by atoms with E-state index in [1.54, 1.807) is 6.20 Å². The van der Waals surface area contributed by atoms with E-state index in [1.165, 1.54) is 11.3 Å². The summed E-state index contributed by atoms with van der Waals surface area (Å²) < 4.78 is 5.35. The van der Waals surface area contributed by atoms with E-state index >= 15 is 0 Å². The number of hydrogen-bond acceptors (Lipinski definition) is 3. The van der Waals surface area contributed by atoms with E-state index in [4.69, 9.17) is 16.3 Å². The van der Waals surface area contributed by atoms with Crippen molar-refractivity contribution in [2.75, 3.05) is 0 Å². The summed E-state index contributed by atoms with van der Waals surface area (Å²) in [5, 5.41) is 0.704. The van der Waals surface area contributed by atoms with Gasteiger partial charge in [-0.1, -0.05) is 11.3 Å². The highest BCUT2D eigenvalue weighted by molar-refractivity contribution is 7.13. The zero-order chi connectivity index (χ0) is 8.27. The van der Waals surface area contributed by atoms with Gasteiger partial charge in [-0.05, 0) is 13.8 Å². The van der Waals surface area contributed by atoms with E-state index < -0.39 is 0 Å². The van der Waals surface area contributed by atoms with Crippen LogP contribution in [0, 0.1) is 0 Å². The van der Waals surface area contributed by atoms with Gasteiger partial charge in [0.2, 0.25) is 0 Å². The zero-order valence-electron chi connectivity index (χ0n) is 6.50. The van der Waals surface area contributed by atoms with Gasteiger partial charge in [0.05, 0.1) is 12.0 Å². The summed E-state index contributed by atoms with van der Waals surface area (Å²) in [6.45, 7) is 3.95. The van der Waals surface area contributed by atoms with Gasteiger partial charge in [0, 0.05) is 11.1 Å². The first-order chi connectivity index (χ1) is 5.22. The van der Waals surface area contributed by atoms with Crippen LogP contribution in [0.5, 0.6) is 5.19 Å². The molecule has 0 aliphatic carbocycles. The first-order valence-corrected chi connectivity index (χ1v) is 4.75. The third-order valence-electron chi connectivity index (χ3n) is 1.00. The Labute approximate surface area is 75.2 Å². The van der Waals surface area contributed by atoms with E-state index in [2.05, 4.69) is 4.98 Å². The molecule has 1 aromatic heterocycles. The molecule has 0 saturated carbocycles. The predicted molar refractivity (Wildman–Crippen MR) is 47.4 cm³/mol. The van der Waals surface area contributed by atoms with Crippen LogP contribution >= 0.6 is 22.9 Å². The lowest BCUT2D eigenvalue weighted by atomic mass is 10.5. The Hall–Kier alpha value is -0.280. The molecule has 0 saturated heterocycles. The Morgan fingerprint density at radius 3 is 2.91 bits per heavy atom. The SMILES string of the molecule is CC(C)Oc1ncc(CCl)s1. The van der Waals surface area contributed by atoms with Crippen LogP contribution in [0.25, 0.3) is 0 Å². The number of hydrogen-bond donors (Lipinski definition) is 0. The quantitative estimate of drug-likeness (QED) is 0.686. The number of nitrogens with zero attached hydrogens (tertiary/aromatic N) is 1. The molecule has 62 valence electrons. The van der Waals surface area contributed by atoms with Crippen molar-refractivity contribution in [2.24, 2.45) is 0 Å². The van der Waals surface area contributed by atoms with E-state index in [9.17, 15) is 0 Å². The number of halogens is 1. The lowest BCUT2D eigenvalue weighted by Crippen LogP contribution is -2.04. The number of ether oxygens (including phenoxy) is 1. The van der Waals surface area contributed by atoms with E-state index in [0.717, 1.165) is 4.88 Å². The molecule has 1 aromatic rings. The van der Waals surface area contributed by atoms with Crippen molar-refractivity contribution >= 4 is 22.9 Å². The van der Waals surface area contributed by atoms with Crippen LogP contribution < -0.4 is 4.74 Å². The van der Waals surface area contributed by atoms with Crippen LogP contribution in [-0.4, -0.2) is 11.1 Å². The molecule has 0 spiro atoms. The third-order valence-corrected chi connectivity index (χ3v) is 2.34. The summed E-state index contributed by atoms with van der Waals surface area (Å²) in [6, 6.07) is 0. The maximum absolute atomic E-state index is 5.59. The molecule has 0 aromatic carbocycles. The highest BCUT2D eigenvalue weighted by Gasteiger charge is 2.02. The van der Waals surface area contributed by atoms with Gasteiger partial charge in [0.15, 0.2) is 0 Å². The zero-order valence-corrected chi connectivity index (χ0v) is 8.08. The summed E-state index contributed by atoms with van der Waals surface area (Å²) in [7, 11) is 0. The van der Waals surface area contributed by atoms with Gasteiger partial charge in [0.25, 0.3) is 5.19 Å². The van der Waals surface area contributed by atoms with Crippen LogP contribution in [0.2, 0.25) is 0 Å². The molecule has 2 nitrogen and oxygen atoms in total. The second-order valence-corrected chi connectivity index (χ2v) is 3.74. The second kappa shape index (κ2) is 3.93. The third kappa shape index (κ3) is 2.67. The summed E-state index contributed by atoms with van der Waals surface area (Å²) in [6.07, 6.45) is 1.93. The normalized spacial score (nSPS) is 10.5. The van der Waals surface area contributed by atoms with E-state index in [1.807, 2.05) is 13.8 Å². The molecule has 0 aliphatic rings. The molecule has 0 atom stereocenters. The van der Waals surface area contributed by atoms with Crippen LogP contribution in [0.1, 0.15) is 18.7 Å². The van der Waals surface area contributed by atoms with Crippen molar-refractivity contribution < 1.29 is 4.74 Å². The summed E-state index contributed by atoms with van der Waals surface area (Å²) in [5.74, 6) is 0.513. The van der Waals surface area contributed by atoms with Crippen LogP contribution in [0.15, 0.2) is 6.20 Å². The molecule has 11 heavy (non-hydrogen) atoms. The average molecular weight is 192 g/mol. The minimum Gasteiger partial charge on any atom is -0.467 e. The van der Waals surface area contributed by atoms with Crippen LogP contribution in [-0.2, 0) is 5.88 Å². The van der Waals surface area contributed by atoms with Crippen molar-refractivity contribution in [3.63, 3.8) is 0 Å². The summed E-state index contributed by atoms with van der Waals surface area (Å²) >= 11 is 7.09. The van der Waals surface area contributed by atoms with Gasteiger partial charge < -0.3 is 4.74 Å². The number of alkyl halides is 1. The fraction of sp³-hybridized carbons (Fsp3) is 0.571. The molecule has 0 N–H and O–H groups in total. The van der Waals surface area contributed by atoms with E-state index in [0.29, 0.717) is 11.1 Å². The van der Waals surface area contributed by atoms with Crippen molar-refractivity contribution in [2.45, 2.75) is 25.8 Å². The fourth-order valence-electron chi connectivity index (χ4n) is 0.607. The van der Waals surface area contributed by atoms with Crippen molar-refractivity contribution in [1.82, 2.24) is 4.98 Å². The van der Waals surface area contributed by atoms with E-state index in [-0.39, 0.29) is 6.10 Å². The Morgan fingerprint density at radius 1 is 1.73 bits per heavy atom. The molecule has 0 radical (unpaired) electrons. The van der Waals surface area contributed by atoms with Gasteiger partial charge in [0.1, 0.15) is 0 Å². The number of thiazole rings is 1. The molecule has 0 fully saturated rings. The molecule has 4 heteroatoms. The molecular weight excluding hydrogens is 182 g/mol. The Balaban J connectivity index is 2.58. The standard InChI is InChI=1S/C7H10ClNOS/c1-5(2)10-7-9-4-6(3-8)11-7/h4-5H,3H2,1-2H3. The molecule has 0 amide bonds. The van der Waals surface area contributed by atoms with Gasteiger partial charge in [-0.2, -0.15) is 0 Å². The Morgan fingerprint density at radius 2 is 2.45 bits per heavy atom. The second-order valence-electron chi connectivity index (χ2n) is 2.39. The smallest absolute Gasteiger partial charge is 0.273 e. The molecule has 0 unspecified atom stereocenters. The van der Waals surface area contributed by atoms with Crippen LogP contribution in [0.4, 0.5) is 0 Å². The average Bonchev–Trinajstić information content (AvgIpc) is 2.34. The largest absolute Gasteiger partial charge is 0.467 e. The van der Waals surface area contributed by atoms with Gasteiger partial charge in [-0.25, -0.2) is 4.98 Å². The lowest BCUT2D eigenvalue weighted by Gasteiger charge is -2.03. The first-order valence-electron chi connectivity index (χ1n) is 3.39. The van der Waals surface area contributed by atoms with Crippen molar-refractivity contribution in [1.29, 1.82) is 0 Å². The molecular formula is C7H10ClNOS. The number of rotatable bonds is 3. The van der Waals surface area contributed by atoms with Gasteiger partial charge in [-0.3, -0.25) is 0 Å². The highest BCUT2D eigenvalue weighted by Crippen LogP contribution is 2.22. The molecule has 0 bridgehead atoms. The minimum atomic E-state index is 0.185. The maximum atomic E-state index is 5.59. The predicted octanol–water partition coefficient (Wildman–Crippen LogP) is 2.67. The minimum absolute atomic E-state index is 0.185. The highest BCUT2D eigenvalue weighted by atomic mass is 35.5. The van der Waals surface area contributed by atoms with Gasteiger partial charge in [-0.15, -0.1) is 11.6 Å². The Bertz CT molecular complexity index is 224. The first kappa shape index (κ1) is 8.81. The maximum Gasteiger partial charge on any atom is 0.273 e. The molecule has 1 heterocycles.